The smallest absolute Gasteiger partial charge is 0.171 e. The third-order valence-corrected chi connectivity index (χ3v) is 3.15. The molecule has 1 rings (SSSR count). The van der Waals surface area contributed by atoms with Gasteiger partial charge in [0.25, 0.3) is 0 Å². The number of alkyl halides is 3. The molecule has 18 heavy (non-hydrogen) atoms. The molecule has 0 spiro atoms. The van der Waals surface area contributed by atoms with E-state index >= 15 is 0 Å². The van der Waals surface area contributed by atoms with Crippen LogP contribution >= 0.6 is 0 Å². The molecule has 0 saturated heterocycles. The molecular formula is C14H17F3Si. The minimum Gasteiger partial charge on any atom is -0.171 e. The molecule has 0 saturated carbocycles. The summed E-state index contributed by atoms with van der Waals surface area (Å²) in [6.45, 7) is 6.07. The van der Waals surface area contributed by atoms with Crippen molar-refractivity contribution in [2.45, 2.75) is 38.2 Å². The average Bonchev–Trinajstić information content (AvgIpc) is 2.23. The van der Waals surface area contributed by atoms with E-state index in [-0.39, 0.29) is 0 Å². The van der Waals surface area contributed by atoms with Crippen molar-refractivity contribution in [3.8, 4) is 11.5 Å². The number of benzene rings is 1. The lowest BCUT2D eigenvalue weighted by Crippen LogP contribution is -2.18. The van der Waals surface area contributed by atoms with Crippen molar-refractivity contribution in [2.24, 2.45) is 0 Å². The van der Waals surface area contributed by atoms with E-state index in [1.54, 1.807) is 30.3 Å². The molecule has 1 aromatic rings. The third-order valence-electron chi connectivity index (χ3n) is 2.26. The summed E-state index contributed by atoms with van der Waals surface area (Å²) in [4.78, 5) is 0. The van der Waals surface area contributed by atoms with Gasteiger partial charge in [0.1, 0.15) is 8.07 Å². The van der Waals surface area contributed by atoms with Crippen LogP contribution in [0.25, 0.3) is 0 Å². The van der Waals surface area contributed by atoms with E-state index in [4.69, 9.17) is 0 Å². The predicted octanol–water partition coefficient (Wildman–Crippen LogP) is 4.60. The molecule has 0 fully saturated rings. The van der Waals surface area contributed by atoms with Gasteiger partial charge in [-0.1, -0.05) is 50.0 Å². The molecular weight excluding hydrogens is 253 g/mol. The molecule has 0 unspecified atom stereocenters. The summed E-state index contributed by atoms with van der Waals surface area (Å²) < 4.78 is 37.7. The first-order valence-electron chi connectivity index (χ1n) is 5.82. The molecule has 0 bridgehead atoms. The summed E-state index contributed by atoms with van der Waals surface area (Å²) in [5, 5.41) is 0. The largest absolute Gasteiger partial charge is 0.390 e. The Balaban J connectivity index is 2.99. The second-order valence-corrected chi connectivity index (χ2v) is 10.1. The highest BCUT2D eigenvalue weighted by Crippen LogP contribution is 2.30. The Morgan fingerprint density at radius 1 is 1.11 bits per heavy atom. The molecule has 1 aromatic carbocycles. The Hall–Kier alpha value is -1.21. The van der Waals surface area contributed by atoms with Gasteiger partial charge < -0.3 is 0 Å². The maximum Gasteiger partial charge on any atom is 0.390 e. The molecule has 0 aliphatic rings. The van der Waals surface area contributed by atoms with Crippen molar-refractivity contribution in [3.63, 3.8) is 0 Å². The van der Waals surface area contributed by atoms with Crippen LogP contribution in [0.15, 0.2) is 30.3 Å². The van der Waals surface area contributed by atoms with Gasteiger partial charge in [-0.25, -0.2) is 0 Å². The van der Waals surface area contributed by atoms with E-state index in [2.05, 4.69) is 11.5 Å². The SMILES string of the molecule is C[Si](C)(C)C#C[C@H](CC(F)(F)F)c1ccccc1. The Morgan fingerprint density at radius 3 is 2.11 bits per heavy atom. The van der Waals surface area contributed by atoms with E-state index < -0.39 is 26.6 Å². The highest BCUT2D eigenvalue weighted by atomic mass is 28.3. The zero-order chi connectivity index (χ0) is 13.8. The lowest BCUT2D eigenvalue weighted by atomic mass is 9.96. The van der Waals surface area contributed by atoms with Crippen LogP contribution in [0.2, 0.25) is 19.6 Å². The maximum atomic E-state index is 12.6. The fraction of sp³-hybridized carbons (Fsp3) is 0.429. The second kappa shape index (κ2) is 5.62. The Morgan fingerprint density at radius 2 is 1.67 bits per heavy atom. The summed E-state index contributed by atoms with van der Waals surface area (Å²) >= 11 is 0. The molecule has 0 nitrogen and oxygen atoms in total. The number of hydrogen-bond donors (Lipinski definition) is 0. The van der Waals surface area contributed by atoms with Crippen LogP contribution in [0.1, 0.15) is 17.9 Å². The molecule has 1 atom stereocenters. The van der Waals surface area contributed by atoms with Crippen LogP contribution in [-0.4, -0.2) is 14.3 Å². The van der Waals surface area contributed by atoms with E-state index in [0.29, 0.717) is 5.56 Å². The first kappa shape index (κ1) is 14.8. The van der Waals surface area contributed by atoms with Crippen molar-refractivity contribution < 1.29 is 13.2 Å². The van der Waals surface area contributed by atoms with Crippen molar-refractivity contribution in [2.75, 3.05) is 0 Å². The quantitative estimate of drug-likeness (QED) is 0.544. The maximum absolute atomic E-state index is 12.6. The molecule has 98 valence electrons. The van der Waals surface area contributed by atoms with Crippen LogP contribution in [-0.2, 0) is 0 Å². The van der Waals surface area contributed by atoms with Gasteiger partial charge in [-0.15, -0.1) is 11.5 Å². The first-order chi connectivity index (χ1) is 8.17. The molecule has 0 radical (unpaired) electrons. The van der Waals surface area contributed by atoms with Gasteiger partial charge in [-0.05, 0) is 5.56 Å². The summed E-state index contributed by atoms with van der Waals surface area (Å²) in [6, 6.07) is 8.69. The summed E-state index contributed by atoms with van der Waals surface area (Å²) in [6.07, 6.45) is -5.07. The van der Waals surface area contributed by atoms with Crippen molar-refractivity contribution in [3.05, 3.63) is 35.9 Å². The van der Waals surface area contributed by atoms with Gasteiger partial charge in [-0.3, -0.25) is 0 Å². The zero-order valence-corrected chi connectivity index (χ0v) is 11.8. The van der Waals surface area contributed by atoms with Crippen molar-refractivity contribution >= 4 is 8.07 Å². The van der Waals surface area contributed by atoms with Gasteiger partial charge in [0, 0.05) is 0 Å². The lowest BCUT2D eigenvalue weighted by molar-refractivity contribution is -0.136. The molecule has 0 N–H and O–H groups in total. The predicted molar refractivity (Wildman–Crippen MR) is 71.0 cm³/mol. The summed E-state index contributed by atoms with van der Waals surface area (Å²) in [7, 11) is -1.66. The molecule has 0 amide bonds. The summed E-state index contributed by atoms with van der Waals surface area (Å²) in [5.74, 6) is 2.07. The monoisotopic (exact) mass is 270 g/mol. The minimum absolute atomic E-state index is 0.639. The van der Waals surface area contributed by atoms with E-state index in [1.807, 2.05) is 19.6 Å². The lowest BCUT2D eigenvalue weighted by Gasteiger charge is -2.14. The standard InChI is InChI=1S/C14H17F3Si/c1-18(2,3)10-9-13(11-14(15,16)17)12-7-5-4-6-8-12/h4-8,13H,11H2,1-3H3/t13-/m1/s1. The molecule has 0 heterocycles. The van der Waals surface area contributed by atoms with Crippen LogP contribution in [0.4, 0.5) is 13.2 Å². The Kier molecular flexibility index (Phi) is 4.63. The van der Waals surface area contributed by atoms with Gasteiger partial charge in [0.2, 0.25) is 0 Å². The fourth-order valence-electron chi connectivity index (χ4n) is 1.47. The van der Waals surface area contributed by atoms with Crippen LogP contribution in [0.5, 0.6) is 0 Å². The van der Waals surface area contributed by atoms with Gasteiger partial charge in [0.05, 0.1) is 12.3 Å². The van der Waals surface area contributed by atoms with Gasteiger partial charge in [-0.2, -0.15) is 13.2 Å². The van der Waals surface area contributed by atoms with E-state index in [0.717, 1.165) is 0 Å². The molecule has 0 aliphatic heterocycles. The molecule has 4 heteroatoms. The number of hydrogen-bond acceptors (Lipinski definition) is 0. The molecule has 0 aromatic heterocycles. The van der Waals surface area contributed by atoms with Crippen molar-refractivity contribution in [1.29, 1.82) is 0 Å². The van der Waals surface area contributed by atoms with E-state index in [1.165, 1.54) is 0 Å². The third kappa shape index (κ3) is 5.92. The van der Waals surface area contributed by atoms with Gasteiger partial charge in [0.15, 0.2) is 0 Å². The van der Waals surface area contributed by atoms with E-state index in [9.17, 15) is 13.2 Å². The topological polar surface area (TPSA) is 0 Å². The highest BCUT2D eigenvalue weighted by molar-refractivity contribution is 6.83. The second-order valence-electron chi connectivity index (χ2n) is 5.30. The number of rotatable bonds is 2. The molecule has 0 aliphatic carbocycles. The van der Waals surface area contributed by atoms with Crippen molar-refractivity contribution in [1.82, 2.24) is 0 Å². The van der Waals surface area contributed by atoms with Crippen LogP contribution in [0.3, 0.4) is 0 Å². The Labute approximate surface area is 107 Å². The average molecular weight is 270 g/mol. The normalized spacial score (nSPS) is 13.7. The Bertz CT molecular complexity index is 432. The van der Waals surface area contributed by atoms with Crippen LogP contribution < -0.4 is 0 Å². The zero-order valence-electron chi connectivity index (χ0n) is 10.8. The minimum atomic E-state index is -4.19. The summed E-state index contributed by atoms with van der Waals surface area (Å²) in [5.41, 5.74) is 3.67. The fourth-order valence-corrected chi connectivity index (χ4v) is 2.08. The van der Waals surface area contributed by atoms with Gasteiger partial charge >= 0.3 is 6.18 Å². The number of halogens is 3. The van der Waals surface area contributed by atoms with Crippen LogP contribution in [0, 0.1) is 11.5 Å². The first-order valence-corrected chi connectivity index (χ1v) is 9.32. The highest BCUT2D eigenvalue weighted by Gasteiger charge is 2.32.